The lowest BCUT2D eigenvalue weighted by Gasteiger charge is -2.18. The highest BCUT2D eigenvalue weighted by molar-refractivity contribution is 8.18. The van der Waals surface area contributed by atoms with Crippen molar-refractivity contribution in [2.24, 2.45) is 0 Å². The number of fused-ring (bicyclic) bond motifs is 1. The molecule has 1 aliphatic heterocycles. The van der Waals surface area contributed by atoms with Crippen molar-refractivity contribution in [1.82, 2.24) is 24.8 Å². The van der Waals surface area contributed by atoms with Gasteiger partial charge in [0.2, 0.25) is 0 Å². The van der Waals surface area contributed by atoms with E-state index in [2.05, 4.69) is 39.8 Å². The fraction of sp³-hybridized carbons (Fsp3) is 0.474. The van der Waals surface area contributed by atoms with Crippen molar-refractivity contribution in [3.8, 4) is 0 Å². The number of hydrogen-bond acceptors (Lipinski definition) is 8. The number of anilines is 2. The van der Waals surface area contributed by atoms with Gasteiger partial charge in [0.1, 0.15) is 11.6 Å². The zero-order valence-corrected chi connectivity index (χ0v) is 17.4. The molecule has 1 aliphatic carbocycles. The van der Waals surface area contributed by atoms with Crippen molar-refractivity contribution in [3.05, 3.63) is 22.7 Å². The summed E-state index contributed by atoms with van der Waals surface area (Å²) in [6.45, 7) is 8.04. The zero-order chi connectivity index (χ0) is 20.4. The zero-order valence-electron chi connectivity index (χ0n) is 16.6. The highest BCUT2D eigenvalue weighted by atomic mass is 32.2. The number of imide groups is 1. The van der Waals surface area contributed by atoms with Gasteiger partial charge in [0.05, 0.1) is 11.1 Å². The third-order valence-corrected chi connectivity index (χ3v) is 5.80. The van der Waals surface area contributed by atoms with Crippen molar-refractivity contribution < 1.29 is 9.59 Å². The molecule has 3 N–H and O–H groups in total. The summed E-state index contributed by atoms with van der Waals surface area (Å²) in [4.78, 5) is 30.8. The van der Waals surface area contributed by atoms with E-state index in [1.165, 1.54) is 0 Å². The van der Waals surface area contributed by atoms with Crippen LogP contribution in [0, 0.1) is 0 Å². The van der Waals surface area contributed by atoms with E-state index in [1.807, 2.05) is 6.07 Å². The van der Waals surface area contributed by atoms with Crippen LogP contribution in [0.5, 0.6) is 0 Å². The monoisotopic (exact) mass is 415 g/mol. The van der Waals surface area contributed by atoms with Gasteiger partial charge in [-0.3, -0.25) is 14.9 Å². The Hall–Kier alpha value is -2.59. The summed E-state index contributed by atoms with van der Waals surface area (Å²) in [5.41, 5.74) is 1.34. The van der Waals surface area contributed by atoms with E-state index in [0.29, 0.717) is 22.2 Å². The van der Waals surface area contributed by atoms with Gasteiger partial charge in [-0.2, -0.15) is 9.61 Å². The van der Waals surface area contributed by atoms with Crippen LogP contribution in [-0.4, -0.2) is 62.9 Å². The quantitative estimate of drug-likeness (QED) is 0.537. The summed E-state index contributed by atoms with van der Waals surface area (Å²) in [6, 6.07) is 2.43. The molecular weight excluding hydrogens is 390 g/mol. The maximum Gasteiger partial charge on any atom is 0.290 e. The first-order chi connectivity index (χ1) is 14.1. The fourth-order valence-electron chi connectivity index (χ4n) is 3.16. The van der Waals surface area contributed by atoms with Gasteiger partial charge in [-0.15, -0.1) is 0 Å². The number of amides is 2. The van der Waals surface area contributed by atoms with E-state index in [1.54, 1.807) is 16.8 Å². The highest BCUT2D eigenvalue weighted by Crippen LogP contribution is 2.29. The number of hydrogen-bond donors (Lipinski definition) is 3. The van der Waals surface area contributed by atoms with Gasteiger partial charge >= 0.3 is 0 Å². The molecule has 2 aliphatic rings. The predicted octanol–water partition coefficient (Wildman–Crippen LogP) is 2.38. The molecule has 154 valence electrons. The van der Waals surface area contributed by atoms with E-state index in [4.69, 9.17) is 4.98 Å². The molecule has 9 nitrogen and oxygen atoms in total. The van der Waals surface area contributed by atoms with E-state index >= 15 is 0 Å². The summed E-state index contributed by atoms with van der Waals surface area (Å²) in [6.07, 6.45) is 5.63. The van der Waals surface area contributed by atoms with Crippen molar-refractivity contribution in [2.45, 2.75) is 32.7 Å². The second-order valence-electron chi connectivity index (χ2n) is 7.09. The van der Waals surface area contributed by atoms with Crippen molar-refractivity contribution in [1.29, 1.82) is 0 Å². The topological polar surface area (TPSA) is 104 Å². The molecular formula is C19H25N7O2S. The molecule has 10 heteroatoms. The SMILES string of the molecule is CCN(CC)CCNc1cc(NC2CC2)n2ncc(C=C3SC(=O)NC3=O)c2n1. The molecule has 0 radical (unpaired) electrons. The van der Waals surface area contributed by atoms with Crippen LogP contribution in [0.1, 0.15) is 32.3 Å². The minimum Gasteiger partial charge on any atom is -0.369 e. The van der Waals surface area contributed by atoms with E-state index < -0.39 is 0 Å². The van der Waals surface area contributed by atoms with Crippen LogP contribution in [-0.2, 0) is 4.79 Å². The number of nitrogens with one attached hydrogen (secondary N) is 3. The Kier molecular flexibility index (Phi) is 5.72. The maximum absolute atomic E-state index is 11.9. The second-order valence-corrected chi connectivity index (χ2v) is 8.10. The Labute approximate surface area is 173 Å². The van der Waals surface area contributed by atoms with Crippen molar-refractivity contribution in [3.63, 3.8) is 0 Å². The van der Waals surface area contributed by atoms with Gasteiger partial charge in [-0.25, -0.2) is 4.98 Å². The summed E-state index contributed by atoms with van der Waals surface area (Å²) in [5.74, 6) is 1.24. The lowest BCUT2D eigenvalue weighted by molar-refractivity contribution is -0.115. The Bertz CT molecular complexity index is 963. The van der Waals surface area contributed by atoms with E-state index in [9.17, 15) is 9.59 Å². The normalized spacial score (nSPS) is 18.1. The summed E-state index contributed by atoms with van der Waals surface area (Å²) < 4.78 is 1.75. The first kappa shape index (κ1) is 19.7. The van der Waals surface area contributed by atoms with E-state index in [0.717, 1.165) is 62.4 Å². The Morgan fingerprint density at radius 2 is 2.14 bits per heavy atom. The number of thioether (sulfide) groups is 1. The largest absolute Gasteiger partial charge is 0.369 e. The molecule has 0 unspecified atom stereocenters. The highest BCUT2D eigenvalue weighted by Gasteiger charge is 2.26. The number of nitrogens with zero attached hydrogens (tertiary/aromatic N) is 4. The summed E-state index contributed by atoms with van der Waals surface area (Å²) in [5, 5.41) is 13.3. The third-order valence-electron chi connectivity index (χ3n) is 4.99. The lowest BCUT2D eigenvalue weighted by Crippen LogP contribution is -2.28. The molecule has 1 saturated carbocycles. The number of carbonyl (C=O) groups is 2. The first-order valence-corrected chi connectivity index (χ1v) is 10.8. The minimum atomic E-state index is -0.385. The molecule has 0 aromatic carbocycles. The maximum atomic E-state index is 11.9. The molecule has 1 saturated heterocycles. The molecule has 2 fully saturated rings. The third kappa shape index (κ3) is 4.54. The Balaban J connectivity index is 1.63. The molecule has 0 spiro atoms. The average molecular weight is 416 g/mol. The van der Waals surface area contributed by atoms with Crippen LogP contribution in [0.4, 0.5) is 16.4 Å². The minimum absolute atomic E-state index is 0.350. The summed E-state index contributed by atoms with van der Waals surface area (Å²) >= 11 is 0.892. The molecule has 4 rings (SSSR count). The Morgan fingerprint density at radius 1 is 1.34 bits per heavy atom. The van der Waals surface area contributed by atoms with Crippen LogP contribution in [0.3, 0.4) is 0 Å². The van der Waals surface area contributed by atoms with Gasteiger partial charge in [0.25, 0.3) is 11.1 Å². The van der Waals surface area contributed by atoms with Gasteiger partial charge in [-0.05, 0) is 43.8 Å². The predicted molar refractivity (Wildman–Crippen MR) is 115 cm³/mol. The smallest absolute Gasteiger partial charge is 0.290 e. The molecule has 2 aromatic heterocycles. The standard InChI is InChI=1S/C19H25N7O2S/c1-3-25(4-2)8-7-20-15-10-16(22-13-5-6-13)26-17(23-15)12(11-21-26)9-14-18(27)24-19(28)29-14/h9-11,13,22H,3-8H2,1-2H3,(H,20,23)(H,24,27,28). The number of carbonyl (C=O) groups excluding carboxylic acids is 2. The van der Waals surface area contributed by atoms with Crippen LogP contribution in [0.25, 0.3) is 11.7 Å². The number of aromatic nitrogens is 3. The van der Waals surface area contributed by atoms with Gasteiger partial charge in [0, 0.05) is 30.8 Å². The van der Waals surface area contributed by atoms with Crippen LogP contribution in [0.15, 0.2) is 17.2 Å². The lowest BCUT2D eigenvalue weighted by atomic mass is 10.3. The number of likely N-dealkylation sites (N-methyl/N-ethyl adjacent to an activating group) is 1. The second kappa shape index (κ2) is 8.42. The fourth-order valence-corrected chi connectivity index (χ4v) is 3.83. The van der Waals surface area contributed by atoms with Gasteiger partial charge in [-0.1, -0.05) is 13.8 Å². The van der Waals surface area contributed by atoms with Crippen LogP contribution in [0.2, 0.25) is 0 Å². The Morgan fingerprint density at radius 3 is 2.79 bits per heavy atom. The molecule has 0 bridgehead atoms. The average Bonchev–Trinajstić information content (AvgIpc) is 3.34. The van der Waals surface area contributed by atoms with E-state index in [-0.39, 0.29) is 11.1 Å². The molecule has 3 heterocycles. The first-order valence-electron chi connectivity index (χ1n) is 9.93. The van der Waals surface area contributed by atoms with Crippen LogP contribution < -0.4 is 16.0 Å². The molecule has 0 atom stereocenters. The number of rotatable bonds is 9. The molecule has 2 aromatic rings. The van der Waals surface area contributed by atoms with Gasteiger partial charge < -0.3 is 15.5 Å². The van der Waals surface area contributed by atoms with Crippen molar-refractivity contribution in [2.75, 3.05) is 36.8 Å². The van der Waals surface area contributed by atoms with Gasteiger partial charge in [0.15, 0.2) is 5.65 Å². The van der Waals surface area contributed by atoms with Crippen molar-refractivity contribution >= 4 is 46.3 Å². The molecule has 29 heavy (non-hydrogen) atoms. The molecule has 2 amide bonds. The summed E-state index contributed by atoms with van der Waals surface area (Å²) in [7, 11) is 0. The van der Waals surface area contributed by atoms with Crippen LogP contribution >= 0.6 is 11.8 Å².